The van der Waals surface area contributed by atoms with Gasteiger partial charge in [0.2, 0.25) is 0 Å². The molecular formula is C22H29N3O4. The number of nitrogens with zero attached hydrogens (tertiary/aromatic N) is 1. The van der Waals surface area contributed by atoms with Crippen LogP contribution < -0.4 is 10.6 Å². The second-order valence-electron chi connectivity index (χ2n) is 7.30. The third kappa shape index (κ3) is 5.70. The molecule has 0 fully saturated rings. The lowest BCUT2D eigenvalue weighted by Crippen LogP contribution is -2.29. The number of hydrogen-bond donors (Lipinski definition) is 2. The van der Waals surface area contributed by atoms with E-state index >= 15 is 0 Å². The fraction of sp³-hybridized carbons (Fsp3) is 0.409. The minimum absolute atomic E-state index is 0.265. The maximum atomic E-state index is 12.4. The molecule has 0 atom stereocenters. The van der Waals surface area contributed by atoms with E-state index in [1.807, 2.05) is 39.2 Å². The van der Waals surface area contributed by atoms with Crippen molar-refractivity contribution in [2.24, 2.45) is 5.92 Å². The van der Waals surface area contributed by atoms with Gasteiger partial charge in [-0.1, -0.05) is 26.0 Å². The number of anilines is 1. The number of para-hydroxylation sites is 1. The monoisotopic (exact) mass is 399 g/mol. The average Bonchev–Trinajstić information content (AvgIpc) is 2.98. The Morgan fingerprint density at radius 2 is 1.79 bits per heavy atom. The number of amides is 2. The highest BCUT2D eigenvalue weighted by atomic mass is 16.5. The molecule has 2 aromatic rings. The molecule has 0 saturated heterocycles. The summed E-state index contributed by atoms with van der Waals surface area (Å²) in [6.45, 7) is 10.6. The highest BCUT2D eigenvalue weighted by molar-refractivity contribution is 6.04. The lowest BCUT2D eigenvalue weighted by atomic mass is 10.1. The van der Waals surface area contributed by atoms with Crippen LogP contribution in [0.5, 0.6) is 0 Å². The zero-order valence-corrected chi connectivity index (χ0v) is 17.7. The van der Waals surface area contributed by atoms with Gasteiger partial charge in [0, 0.05) is 24.5 Å². The first kappa shape index (κ1) is 22.2. The standard InChI is InChI=1S/C22H29N3O4/c1-6-25-15(4)11-18(16(25)5)22(28)29-13-20(26)24-19-10-8-7-9-17(19)21(27)23-12-14(2)3/h7-11,14H,6,12-13H2,1-5H3,(H,23,27)(H,24,26). The Morgan fingerprint density at radius 1 is 1.10 bits per heavy atom. The quantitative estimate of drug-likeness (QED) is 0.667. The normalized spacial score (nSPS) is 10.7. The molecule has 0 aliphatic carbocycles. The van der Waals surface area contributed by atoms with Gasteiger partial charge in [0.15, 0.2) is 6.61 Å². The molecule has 0 saturated carbocycles. The van der Waals surface area contributed by atoms with E-state index in [-0.39, 0.29) is 5.91 Å². The molecule has 2 N–H and O–H groups in total. The number of nitrogens with one attached hydrogen (secondary N) is 2. The van der Waals surface area contributed by atoms with Gasteiger partial charge < -0.3 is 19.9 Å². The molecule has 2 amide bonds. The molecule has 1 aromatic heterocycles. The molecule has 7 heteroatoms. The van der Waals surface area contributed by atoms with Crippen LogP contribution in [-0.4, -0.2) is 35.5 Å². The maximum absolute atomic E-state index is 12.4. The summed E-state index contributed by atoms with van der Waals surface area (Å²) in [6, 6.07) is 8.48. The largest absolute Gasteiger partial charge is 0.452 e. The molecule has 156 valence electrons. The number of carbonyl (C=O) groups excluding carboxylic acids is 3. The number of benzene rings is 1. The summed E-state index contributed by atoms with van der Waals surface area (Å²) >= 11 is 0. The van der Waals surface area contributed by atoms with Gasteiger partial charge in [0.1, 0.15) is 0 Å². The second kappa shape index (κ2) is 9.91. The molecular weight excluding hydrogens is 370 g/mol. The van der Waals surface area contributed by atoms with Crippen molar-refractivity contribution in [3.8, 4) is 0 Å². The lowest BCUT2D eigenvalue weighted by molar-refractivity contribution is -0.119. The van der Waals surface area contributed by atoms with Gasteiger partial charge in [-0.05, 0) is 44.9 Å². The van der Waals surface area contributed by atoms with E-state index in [0.717, 1.165) is 17.9 Å². The zero-order valence-electron chi connectivity index (χ0n) is 17.7. The van der Waals surface area contributed by atoms with E-state index < -0.39 is 18.5 Å². The molecule has 29 heavy (non-hydrogen) atoms. The Hall–Kier alpha value is -3.09. The Morgan fingerprint density at radius 3 is 2.41 bits per heavy atom. The van der Waals surface area contributed by atoms with Crippen molar-refractivity contribution >= 4 is 23.5 Å². The van der Waals surface area contributed by atoms with Crippen LogP contribution in [0.4, 0.5) is 5.69 Å². The van der Waals surface area contributed by atoms with E-state index in [9.17, 15) is 14.4 Å². The first-order valence-electron chi connectivity index (χ1n) is 9.75. The number of aryl methyl sites for hydroxylation is 1. The summed E-state index contributed by atoms with van der Waals surface area (Å²) in [7, 11) is 0. The highest BCUT2D eigenvalue weighted by Crippen LogP contribution is 2.17. The van der Waals surface area contributed by atoms with Crippen LogP contribution in [0.2, 0.25) is 0 Å². The summed E-state index contributed by atoms with van der Waals surface area (Å²) in [4.78, 5) is 37.0. The van der Waals surface area contributed by atoms with Gasteiger partial charge in [-0.25, -0.2) is 4.79 Å². The number of esters is 1. The molecule has 0 radical (unpaired) electrons. The summed E-state index contributed by atoms with van der Waals surface area (Å²) in [5, 5.41) is 5.47. The minimum atomic E-state index is -0.545. The maximum Gasteiger partial charge on any atom is 0.340 e. The van der Waals surface area contributed by atoms with E-state index in [1.165, 1.54) is 0 Å². The Labute approximate surface area is 171 Å². The van der Waals surface area contributed by atoms with Gasteiger partial charge in [-0.2, -0.15) is 0 Å². The summed E-state index contributed by atoms with van der Waals surface area (Å²) in [5.41, 5.74) is 2.95. The molecule has 0 unspecified atom stereocenters. The van der Waals surface area contributed by atoms with Crippen LogP contribution >= 0.6 is 0 Å². The van der Waals surface area contributed by atoms with Gasteiger partial charge >= 0.3 is 5.97 Å². The van der Waals surface area contributed by atoms with Crippen molar-refractivity contribution in [1.29, 1.82) is 0 Å². The van der Waals surface area contributed by atoms with Gasteiger partial charge in [-0.15, -0.1) is 0 Å². The van der Waals surface area contributed by atoms with E-state index in [4.69, 9.17) is 4.74 Å². The van der Waals surface area contributed by atoms with Crippen LogP contribution in [0.3, 0.4) is 0 Å². The Bertz CT molecular complexity index is 899. The van der Waals surface area contributed by atoms with Gasteiger partial charge in [-0.3, -0.25) is 9.59 Å². The fourth-order valence-corrected chi connectivity index (χ4v) is 3.07. The Balaban J connectivity index is 2.00. The molecule has 0 spiro atoms. The number of ether oxygens (including phenoxy) is 1. The minimum Gasteiger partial charge on any atom is -0.452 e. The van der Waals surface area contributed by atoms with E-state index in [0.29, 0.717) is 29.3 Å². The lowest BCUT2D eigenvalue weighted by Gasteiger charge is -2.12. The number of rotatable bonds is 8. The van der Waals surface area contributed by atoms with Crippen LogP contribution in [-0.2, 0) is 16.1 Å². The van der Waals surface area contributed by atoms with Crippen LogP contribution in [0.15, 0.2) is 30.3 Å². The second-order valence-corrected chi connectivity index (χ2v) is 7.30. The average molecular weight is 399 g/mol. The topological polar surface area (TPSA) is 89.4 Å². The van der Waals surface area contributed by atoms with Crippen LogP contribution in [0.1, 0.15) is 52.9 Å². The van der Waals surface area contributed by atoms with Crippen molar-refractivity contribution in [2.75, 3.05) is 18.5 Å². The van der Waals surface area contributed by atoms with Crippen molar-refractivity contribution < 1.29 is 19.1 Å². The SMILES string of the molecule is CCn1c(C)cc(C(=O)OCC(=O)Nc2ccccc2C(=O)NCC(C)C)c1C. The molecule has 0 aliphatic heterocycles. The van der Waals surface area contributed by atoms with Crippen LogP contribution in [0, 0.1) is 19.8 Å². The van der Waals surface area contributed by atoms with Crippen molar-refractivity contribution in [1.82, 2.24) is 9.88 Å². The zero-order chi connectivity index (χ0) is 21.6. The molecule has 0 bridgehead atoms. The summed E-state index contributed by atoms with van der Waals surface area (Å²) in [5.74, 6) is -1.00. The van der Waals surface area contributed by atoms with Gasteiger partial charge in [0.25, 0.3) is 11.8 Å². The smallest absolute Gasteiger partial charge is 0.340 e. The van der Waals surface area contributed by atoms with Crippen molar-refractivity contribution in [2.45, 2.75) is 41.2 Å². The van der Waals surface area contributed by atoms with Crippen molar-refractivity contribution in [3.05, 3.63) is 52.8 Å². The molecule has 1 aromatic carbocycles. The number of carbonyl (C=O) groups is 3. The molecule has 1 heterocycles. The van der Waals surface area contributed by atoms with Gasteiger partial charge in [0.05, 0.1) is 16.8 Å². The predicted molar refractivity (Wildman–Crippen MR) is 112 cm³/mol. The number of aromatic nitrogens is 1. The van der Waals surface area contributed by atoms with E-state index in [2.05, 4.69) is 10.6 Å². The third-order valence-electron chi connectivity index (χ3n) is 4.56. The summed E-state index contributed by atoms with van der Waals surface area (Å²) < 4.78 is 7.17. The Kier molecular flexibility index (Phi) is 7.59. The summed E-state index contributed by atoms with van der Waals surface area (Å²) in [6.07, 6.45) is 0. The molecule has 0 aliphatic rings. The van der Waals surface area contributed by atoms with Crippen LogP contribution in [0.25, 0.3) is 0 Å². The van der Waals surface area contributed by atoms with E-state index in [1.54, 1.807) is 30.3 Å². The highest BCUT2D eigenvalue weighted by Gasteiger charge is 2.18. The molecule has 2 rings (SSSR count). The van der Waals surface area contributed by atoms with Crippen molar-refractivity contribution in [3.63, 3.8) is 0 Å². The third-order valence-corrected chi connectivity index (χ3v) is 4.56. The molecule has 7 nitrogen and oxygen atoms in total. The predicted octanol–water partition coefficient (Wildman–Crippen LogP) is 3.31. The fourth-order valence-electron chi connectivity index (χ4n) is 3.07. The number of hydrogen-bond acceptors (Lipinski definition) is 4. The first-order valence-corrected chi connectivity index (χ1v) is 9.75. The first-order chi connectivity index (χ1) is 13.7.